The van der Waals surface area contributed by atoms with Crippen LogP contribution in [0.5, 0.6) is 0 Å². The van der Waals surface area contributed by atoms with E-state index in [-0.39, 0.29) is 5.91 Å². The third kappa shape index (κ3) is 3.17. The zero-order chi connectivity index (χ0) is 13.0. The van der Waals surface area contributed by atoms with Crippen molar-refractivity contribution in [1.82, 2.24) is 4.98 Å². The highest BCUT2D eigenvalue weighted by Gasteiger charge is 2.10. The van der Waals surface area contributed by atoms with E-state index in [1.165, 1.54) is 22.7 Å². The Labute approximate surface area is 113 Å². The summed E-state index contributed by atoms with van der Waals surface area (Å²) in [5, 5.41) is 5.26. The molecular formula is C12H11N3OS2. The van der Waals surface area contributed by atoms with Crippen LogP contribution in [0.4, 0.5) is 5.13 Å². The molecule has 2 rings (SSSR count). The number of nitrogens with one attached hydrogen (secondary N) is 1. The van der Waals surface area contributed by atoms with Crippen LogP contribution in [-0.2, 0) is 0 Å². The van der Waals surface area contributed by atoms with Crippen LogP contribution >= 0.6 is 22.7 Å². The lowest BCUT2D eigenvalue weighted by Gasteiger charge is -1.97. The zero-order valence-corrected chi connectivity index (χ0v) is 11.3. The molecule has 0 radical (unpaired) electrons. The van der Waals surface area contributed by atoms with Crippen LogP contribution in [0.15, 0.2) is 17.5 Å². The summed E-state index contributed by atoms with van der Waals surface area (Å²) < 4.78 is 0. The third-order valence-corrected chi connectivity index (χ3v) is 3.86. The van der Waals surface area contributed by atoms with Crippen LogP contribution in [0.25, 0.3) is 0 Å². The van der Waals surface area contributed by atoms with Gasteiger partial charge in [0.05, 0.1) is 22.0 Å². The molecule has 0 aromatic carbocycles. The molecule has 0 unspecified atom stereocenters. The Bertz CT molecular complexity index is 619. The van der Waals surface area contributed by atoms with Crippen molar-refractivity contribution in [1.29, 1.82) is 0 Å². The number of nitrogens with zero attached hydrogens (tertiary/aromatic N) is 1. The second-order valence-electron chi connectivity index (χ2n) is 3.42. The van der Waals surface area contributed by atoms with E-state index < -0.39 is 0 Å². The van der Waals surface area contributed by atoms with E-state index in [1.54, 1.807) is 6.07 Å². The summed E-state index contributed by atoms with van der Waals surface area (Å²) >= 11 is 2.75. The van der Waals surface area contributed by atoms with E-state index in [2.05, 4.69) is 22.1 Å². The van der Waals surface area contributed by atoms with Crippen molar-refractivity contribution in [3.63, 3.8) is 0 Å². The minimum absolute atomic E-state index is 0.157. The number of thiophene rings is 1. The highest BCUT2D eigenvalue weighted by molar-refractivity contribution is 7.15. The molecule has 2 heterocycles. The minimum Gasteiger partial charge on any atom is -0.320 e. The average Bonchev–Trinajstić information content (AvgIpc) is 2.96. The molecular weight excluding hydrogens is 266 g/mol. The highest BCUT2D eigenvalue weighted by atomic mass is 32.1. The summed E-state index contributed by atoms with van der Waals surface area (Å²) in [4.78, 5) is 17.5. The number of rotatable bonds is 2. The van der Waals surface area contributed by atoms with Crippen molar-refractivity contribution in [2.24, 2.45) is 5.73 Å². The maximum Gasteiger partial charge on any atom is 0.267 e. The fraction of sp³-hybridized carbons (Fsp3) is 0.167. The summed E-state index contributed by atoms with van der Waals surface area (Å²) in [6.07, 6.45) is 0. The molecule has 0 aliphatic carbocycles. The van der Waals surface area contributed by atoms with E-state index in [9.17, 15) is 4.79 Å². The Morgan fingerprint density at radius 2 is 2.39 bits per heavy atom. The molecule has 0 spiro atoms. The summed E-state index contributed by atoms with van der Waals surface area (Å²) in [5.41, 5.74) is 6.19. The number of hydrogen-bond donors (Lipinski definition) is 2. The van der Waals surface area contributed by atoms with Gasteiger partial charge in [-0.3, -0.25) is 10.1 Å². The number of aryl methyl sites for hydroxylation is 1. The molecule has 0 saturated heterocycles. The number of nitrogens with two attached hydrogens (primary N) is 1. The standard InChI is InChI=1S/C12H11N3OS2/c1-8-7-17-12(14-8)15-11(16)10-5-4-9(18-10)3-2-6-13/h4-5,7H,6,13H2,1H3,(H,14,15,16). The molecule has 18 heavy (non-hydrogen) atoms. The molecule has 0 fully saturated rings. The molecule has 0 saturated carbocycles. The molecule has 1 amide bonds. The largest absolute Gasteiger partial charge is 0.320 e. The number of aromatic nitrogens is 1. The Morgan fingerprint density at radius 3 is 3.06 bits per heavy atom. The zero-order valence-electron chi connectivity index (χ0n) is 9.69. The van der Waals surface area contributed by atoms with Crippen LogP contribution in [0.1, 0.15) is 20.2 Å². The van der Waals surface area contributed by atoms with Gasteiger partial charge in [-0.25, -0.2) is 4.98 Å². The van der Waals surface area contributed by atoms with Gasteiger partial charge in [0.15, 0.2) is 5.13 Å². The smallest absolute Gasteiger partial charge is 0.267 e. The number of anilines is 1. The fourth-order valence-electron chi connectivity index (χ4n) is 1.24. The molecule has 4 nitrogen and oxygen atoms in total. The topological polar surface area (TPSA) is 68.0 Å². The van der Waals surface area contributed by atoms with Gasteiger partial charge >= 0.3 is 0 Å². The first-order valence-electron chi connectivity index (χ1n) is 5.21. The molecule has 6 heteroatoms. The Hall–Kier alpha value is -1.68. The quantitative estimate of drug-likeness (QED) is 0.826. The van der Waals surface area contributed by atoms with Gasteiger partial charge in [0.1, 0.15) is 0 Å². The normalized spacial score (nSPS) is 9.67. The highest BCUT2D eigenvalue weighted by Crippen LogP contribution is 2.19. The van der Waals surface area contributed by atoms with E-state index >= 15 is 0 Å². The Morgan fingerprint density at radius 1 is 1.56 bits per heavy atom. The molecule has 0 aliphatic heterocycles. The van der Waals surface area contributed by atoms with Gasteiger partial charge in [-0.1, -0.05) is 11.8 Å². The molecule has 2 aromatic heterocycles. The van der Waals surface area contributed by atoms with Gasteiger partial charge in [-0.2, -0.15) is 0 Å². The van der Waals surface area contributed by atoms with Crippen LogP contribution in [0, 0.1) is 18.8 Å². The monoisotopic (exact) mass is 277 g/mol. The first-order valence-corrected chi connectivity index (χ1v) is 6.91. The first kappa shape index (κ1) is 12.8. The van der Waals surface area contributed by atoms with Crippen LogP contribution in [0.3, 0.4) is 0 Å². The summed E-state index contributed by atoms with van der Waals surface area (Å²) in [7, 11) is 0. The van der Waals surface area contributed by atoms with E-state index in [1.807, 2.05) is 18.4 Å². The molecule has 0 aliphatic rings. The second-order valence-corrected chi connectivity index (χ2v) is 5.36. The van der Waals surface area contributed by atoms with Crippen LogP contribution < -0.4 is 11.1 Å². The molecule has 92 valence electrons. The van der Waals surface area contributed by atoms with Gasteiger partial charge < -0.3 is 5.73 Å². The molecule has 0 atom stereocenters. The molecule has 3 N–H and O–H groups in total. The second kappa shape index (κ2) is 5.78. The van der Waals surface area contributed by atoms with E-state index in [0.29, 0.717) is 16.6 Å². The van der Waals surface area contributed by atoms with Gasteiger partial charge in [0.2, 0.25) is 0 Å². The molecule has 0 bridgehead atoms. The van der Waals surface area contributed by atoms with Crippen molar-refractivity contribution in [2.75, 3.05) is 11.9 Å². The van der Waals surface area contributed by atoms with Gasteiger partial charge in [0, 0.05) is 5.38 Å². The van der Waals surface area contributed by atoms with E-state index in [4.69, 9.17) is 5.73 Å². The predicted octanol–water partition coefficient (Wildman–Crippen LogP) is 2.08. The van der Waals surface area contributed by atoms with Crippen molar-refractivity contribution in [2.45, 2.75) is 6.92 Å². The van der Waals surface area contributed by atoms with Gasteiger partial charge in [-0.15, -0.1) is 22.7 Å². The number of hydrogen-bond acceptors (Lipinski definition) is 5. The van der Waals surface area contributed by atoms with Gasteiger partial charge in [-0.05, 0) is 19.1 Å². The van der Waals surface area contributed by atoms with Crippen molar-refractivity contribution >= 4 is 33.7 Å². The SMILES string of the molecule is Cc1csc(NC(=O)c2ccc(C#CCN)s2)n1. The number of amides is 1. The third-order valence-electron chi connectivity index (χ3n) is 1.98. The number of thiazole rings is 1. The van der Waals surface area contributed by atoms with Crippen LogP contribution in [0.2, 0.25) is 0 Å². The van der Waals surface area contributed by atoms with Crippen molar-refractivity contribution in [3.8, 4) is 11.8 Å². The average molecular weight is 277 g/mol. The number of carbonyl (C=O) groups excluding carboxylic acids is 1. The maximum absolute atomic E-state index is 11.9. The summed E-state index contributed by atoms with van der Waals surface area (Å²) in [6, 6.07) is 3.57. The summed E-state index contributed by atoms with van der Waals surface area (Å²) in [6.45, 7) is 2.20. The molecule has 2 aromatic rings. The van der Waals surface area contributed by atoms with Gasteiger partial charge in [0.25, 0.3) is 5.91 Å². The summed E-state index contributed by atoms with van der Waals surface area (Å²) in [5.74, 6) is 5.50. The Kier molecular flexibility index (Phi) is 4.10. The lowest BCUT2D eigenvalue weighted by molar-refractivity contribution is 0.103. The lowest BCUT2D eigenvalue weighted by atomic mass is 10.4. The maximum atomic E-state index is 11.9. The van der Waals surface area contributed by atoms with Crippen molar-refractivity contribution in [3.05, 3.63) is 33.0 Å². The first-order chi connectivity index (χ1) is 8.69. The predicted molar refractivity (Wildman–Crippen MR) is 75.1 cm³/mol. The van der Waals surface area contributed by atoms with Crippen LogP contribution in [-0.4, -0.2) is 17.4 Å². The fourth-order valence-corrected chi connectivity index (χ4v) is 2.69. The lowest BCUT2D eigenvalue weighted by Crippen LogP contribution is -2.09. The van der Waals surface area contributed by atoms with E-state index in [0.717, 1.165) is 10.6 Å². The minimum atomic E-state index is -0.157. The van der Waals surface area contributed by atoms with Crippen molar-refractivity contribution < 1.29 is 4.79 Å². The number of carbonyl (C=O) groups is 1. The Balaban J connectivity index is 2.07.